The molecule has 9 heteroatoms. The van der Waals surface area contributed by atoms with Gasteiger partial charge in [-0.15, -0.1) is 0 Å². The van der Waals surface area contributed by atoms with Gasteiger partial charge in [0.15, 0.2) is 0 Å². The molecule has 27 heavy (non-hydrogen) atoms. The zero-order chi connectivity index (χ0) is 19.8. The van der Waals surface area contributed by atoms with Crippen LogP contribution in [-0.4, -0.2) is 58.5 Å². The lowest BCUT2D eigenvalue weighted by molar-refractivity contribution is -0.138. The number of nitrogens with one attached hydrogen (secondary N) is 3. The summed E-state index contributed by atoms with van der Waals surface area (Å²) in [6.45, 7) is -0.494. The maximum atomic E-state index is 12.5. The van der Waals surface area contributed by atoms with E-state index in [0.29, 0.717) is 18.6 Å². The van der Waals surface area contributed by atoms with Gasteiger partial charge in [0.2, 0.25) is 11.8 Å². The van der Waals surface area contributed by atoms with Gasteiger partial charge < -0.3 is 26.5 Å². The lowest BCUT2D eigenvalue weighted by Crippen LogP contribution is -2.52. The van der Waals surface area contributed by atoms with Crippen molar-refractivity contribution >= 4 is 40.4 Å². The first kappa shape index (κ1) is 20.8. The Labute approximate surface area is 161 Å². The molecule has 0 radical (unpaired) electrons. The largest absolute Gasteiger partial charge is 0.480 e. The van der Waals surface area contributed by atoms with Crippen LogP contribution >= 0.6 is 11.8 Å². The molecule has 0 saturated carbocycles. The predicted molar refractivity (Wildman–Crippen MR) is 106 cm³/mol. The Morgan fingerprint density at radius 1 is 1.26 bits per heavy atom. The quantitative estimate of drug-likeness (QED) is 0.399. The molecule has 0 aliphatic heterocycles. The number of aromatic nitrogens is 1. The zero-order valence-electron chi connectivity index (χ0n) is 15.0. The van der Waals surface area contributed by atoms with Crippen LogP contribution in [0.15, 0.2) is 30.5 Å². The number of amides is 2. The molecule has 2 rings (SSSR count). The Morgan fingerprint density at radius 2 is 2.00 bits per heavy atom. The Morgan fingerprint density at radius 3 is 2.70 bits per heavy atom. The fourth-order valence-corrected chi connectivity index (χ4v) is 3.17. The van der Waals surface area contributed by atoms with Gasteiger partial charge in [-0.05, 0) is 36.5 Å². The molecule has 0 spiro atoms. The van der Waals surface area contributed by atoms with E-state index in [1.54, 1.807) is 0 Å². The predicted octanol–water partition coefficient (Wildman–Crippen LogP) is 0.476. The lowest BCUT2D eigenvalue weighted by atomic mass is 10.0. The number of fused-ring (bicyclic) bond motifs is 1. The van der Waals surface area contributed by atoms with Gasteiger partial charge >= 0.3 is 5.97 Å². The van der Waals surface area contributed by atoms with Crippen LogP contribution in [0.1, 0.15) is 12.0 Å². The van der Waals surface area contributed by atoms with E-state index in [9.17, 15) is 14.4 Å². The third-order valence-corrected chi connectivity index (χ3v) is 4.75. The highest BCUT2D eigenvalue weighted by Crippen LogP contribution is 2.18. The fraction of sp³-hybridized carbons (Fsp3) is 0.389. The molecule has 0 fully saturated rings. The number of benzene rings is 1. The van der Waals surface area contributed by atoms with Crippen LogP contribution in [0.2, 0.25) is 0 Å². The van der Waals surface area contributed by atoms with Crippen molar-refractivity contribution in [3.8, 4) is 0 Å². The lowest BCUT2D eigenvalue weighted by Gasteiger charge is -2.20. The number of aromatic amines is 1. The van der Waals surface area contributed by atoms with E-state index in [1.807, 2.05) is 36.7 Å². The highest BCUT2D eigenvalue weighted by Gasteiger charge is 2.24. The first-order valence-electron chi connectivity index (χ1n) is 8.51. The van der Waals surface area contributed by atoms with Gasteiger partial charge in [-0.3, -0.25) is 14.4 Å². The van der Waals surface area contributed by atoms with Gasteiger partial charge in [0, 0.05) is 17.1 Å². The molecule has 2 atom stereocenters. The number of nitrogens with two attached hydrogens (primary N) is 1. The summed E-state index contributed by atoms with van der Waals surface area (Å²) < 4.78 is 0. The number of hydrogen-bond donors (Lipinski definition) is 5. The summed E-state index contributed by atoms with van der Waals surface area (Å²) in [4.78, 5) is 38.4. The molecule has 146 valence electrons. The van der Waals surface area contributed by atoms with Crippen LogP contribution in [0.3, 0.4) is 0 Å². The minimum absolute atomic E-state index is 0.321. The normalized spacial score (nSPS) is 13.1. The van der Waals surface area contributed by atoms with E-state index in [1.165, 1.54) is 11.8 Å². The molecule has 1 heterocycles. The maximum absolute atomic E-state index is 12.5. The summed E-state index contributed by atoms with van der Waals surface area (Å²) in [7, 11) is 0. The SMILES string of the molecule is CSCC[C@H](NC(=O)[C@@H](N)Cc1c[nH]c2ccccc12)C(=O)NCC(=O)O. The summed E-state index contributed by atoms with van der Waals surface area (Å²) in [5.41, 5.74) is 7.93. The summed E-state index contributed by atoms with van der Waals surface area (Å²) in [5, 5.41) is 14.6. The van der Waals surface area contributed by atoms with Crippen LogP contribution in [-0.2, 0) is 20.8 Å². The molecular weight excluding hydrogens is 368 g/mol. The number of H-pyrrole nitrogens is 1. The Balaban J connectivity index is 1.99. The molecule has 8 nitrogen and oxygen atoms in total. The zero-order valence-corrected chi connectivity index (χ0v) is 15.8. The van der Waals surface area contributed by atoms with Crippen LogP contribution in [0, 0.1) is 0 Å². The highest BCUT2D eigenvalue weighted by molar-refractivity contribution is 7.98. The van der Waals surface area contributed by atoms with E-state index < -0.39 is 36.4 Å². The molecule has 2 amide bonds. The van der Waals surface area contributed by atoms with Gasteiger partial charge in [0.05, 0.1) is 6.04 Å². The number of aliphatic carboxylic acids is 1. The van der Waals surface area contributed by atoms with Crippen molar-refractivity contribution < 1.29 is 19.5 Å². The van der Waals surface area contributed by atoms with Crippen LogP contribution in [0.4, 0.5) is 0 Å². The second kappa shape index (κ2) is 9.98. The number of carbonyl (C=O) groups is 3. The molecule has 1 aromatic heterocycles. The monoisotopic (exact) mass is 392 g/mol. The molecule has 6 N–H and O–H groups in total. The minimum Gasteiger partial charge on any atom is -0.480 e. The van der Waals surface area contributed by atoms with Crippen molar-refractivity contribution in [1.29, 1.82) is 0 Å². The molecule has 1 aromatic carbocycles. The van der Waals surface area contributed by atoms with Crippen molar-refractivity contribution in [1.82, 2.24) is 15.6 Å². The summed E-state index contributed by atoms with van der Waals surface area (Å²) in [6, 6.07) is 6.08. The van der Waals surface area contributed by atoms with Crippen LogP contribution in [0.25, 0.3) is 10.9 Å². The van der Waals surface area contributed by atoms with Crippen LogP contribution < -0.4 is 16.4 Å². The summed E-state index contributed by atoms with van der Waals surface area (Å²) in [5.74, 6) is -1.48. The molecule has 2 aromatic rings. The second-order valence-corrected chi connectivity index (χ2v) is 7.11. The van der Waals surface area contributed by atoms with Gasteiger partial charge in [0.1, 0.15) is 12.6 Å². The molecule has 0 bridgehead atoms. The van der Waals surface area contributed by atoms with E-state index in [-0.39, 0.29) is 0 Å². The number of carbonyl (C=O) groups excluding carboxylic acids is 2. The van der Waals surface area contributed by atoms with E-state index in [4.69, 9.17) is 10.8 Å². The Kier molecular flexibility index (Phi) is 7.68. The molecule has 0 aliphatic rings. The van der Waals surface area contributed by atoms with Crippen molar-refractivity contribution in [3.63, 3.8) is 0 Å². The van der Waals surface area contributed by atoms with Gasteiger partial charge in [0.25, 0.3) is 0 Å². The number of rotatable bonds is 10. The highest BCUT2D eigenvalue weighted by atomic mass is 32.2. The average Bonchev–Trinajstić information content (AvgIpc) is 3.05. The first-order valence-corrected chi connectivity index (χ1v) is 9.91. The topological polar surface area (TPSA) is 137 Å². The van der Waals surface area contributed by atoms with Gasteiger partial charge in [-0.25, -0.2) is 0 Å². The smallest absolute Gasteiger partial charge is 0.322 e. The number of hydrogen-bond acceptors (Lipinski definition) is 5. The van der Waals surface area contributed by atoms with Crippen molar-refractivity contribution in [2.24, 2.45) is 5.73 Å². The summed E-state index contributed by atoms with van der Waals surface area (Å²) >= 11 is 1.53. The Hall–Kier alpha value is -2.52. The van der Waals surface area contributed by atoms with Crippen molar-refractivity contribution in [2.45, 2.75) is 24.9 Å². The number of carboxylic acid groups (broad SMARTS) is 1. The second-order valence-electron chi connectivity index (χ2n) is 6.12. The number of thioether (sulfide) groups is 1. The standard InChI is InChI=1S/C18H24N4O4S/c1-27-7-6-15(18(26)21-10-16(23)24)22-17(25)13(19)8-11-9-20-14-5-3-2-4-12(11)14/h2-5,9,13,15,20H,6-8,10,19H2,1H3,(H,21,26)(H,22,25)(H,23,24)/t13-,15-/m0/s1. The minimum atomic E-state index is -1.14. The fourth-order valence-electron chi connectivity index (χ4n) is 2.70. The van der Waals surface area contributed by atoms with Gasteiger partial charge in [-0.2, -0.15) is 11.8 Å². The van der Waals surface area contributed by atoms with Crippen LogP contribution in [0.5, 0.6) is 0 Å². The van der Waals surface area contributed by atoms with Crippen molar-refractivity contribution in [2.75, 3.05) is 18.6 Å². The number of para-hydroxylation sites is 1. The third-order valence-electron chi connectivity index (χ3n) is 4.11. The first-order chi connectivity index (χ1) is 12.9. The Bertz CT molecular complexity index is 808. The average molecular weight is 392 g/mol. The van der Waals surface area contributed by atoms with Crippen molar-refractivity contribution in [3.05, 3.63) is 36.0 Å². The third kappa shape index (κ3) is 6.00. The van der Waals surface area contributed by atoms with E-state index in [0.717, 1.165) is 16.5 Å². The molecule has 0 saturated heterocycles. The van der Waals surface area contributed by atoms with E-state index >= 15 is 0 Å². The molecule has 0 aliphatic carbocycles. The van der Waals surface area contributed by atoms with E-state index in [2.05, 4.69) is 15.6 Å². The maximum Gasteiger partial charge on any atom is 0.322 e. The molecular formula is C18H24N4O4S. The van der Waals surface area contributed by atoms with Gasteiger partial charge in [-0.1, -0.05) is 18.2 Å². The summed E-state index contributed by atoms with van der Waals surface area (Å²) in [6.07, 6.45) is 4.42. The molecule has 0 unspecified atom stereocenters. The number of carboxylic acids is 1.